The molecule has 0 bridgehead atoms. The van der Waals surface area contributed by atoms with Gasteiger partial charge in [-0.05, 0) is 51.1 Å². The molecule has 1 aromatic carbocycles. The number of halogens is 4. The Balaban J connectivity index is 2.00. The van der Waals surface area contributed by atoms with Gasteiger partial charge in [-0.3, -0.25) is 18.9 Å². The van der Waals surface area contributed by atoms with Gasteiger partial charge < -0.3 is 9.47 Å². The molecule has 1 amide bonds. The van der Waals surface area contributed by atoms with Crippen LogP contribution in [0.2, 0.25) is 5.02 Å². The van der Waals surface area contributed by atoms with E-state index in [2.05, 4.69) is 10.1 Å². The number of aromatic nitrogens is 1. The summed E-state index contributed by atoms with van der Waals surface area (Å²) >= 11 is 5.82. The highest BCUT2D eigenvalue weighted by atomic mass is 35.5. The van der Waals surface area contributed by atoms with Gasteiger partial charge in [0.25, 0.3) is 5.91 Å². The Morgan fingerprint density at radius 2 is 1.72 bits per heavy atom. The maximum atomic E-state index is 12.7. The van der Waals surface area contributed by atoms with Crippen LogP contribution < -0.4 is 14.6 Å². The van der Waals surface area contributed by atoms with Crippen molar-refractivity contribution in [2.45, 2.75) is 33.1 Å². The number of rotatable bonds is 10. The molecule has 176 valence electrons. The van der Waals surface area contributed by atoms with Gasteiger partial charge in [0.1, 0.15) is 16.5 Å². The van der Waals surface area contributed by atoms with Gasteiger partial charge in [-0.25, -0.2) is 9.55 Å². The second kappa shape index (κ2) is 11.0. The number of ether oxygens (including phenoxy) is 2. The maximum absolute atomic E-state index is 12.7. The second-order valence-electron chi connectivity index (χ2n) is 6.15. The number of alkyl halides is 3. The van der Waals surface area contributed by atoms with Crippen molar-refractivity contribution in [3.63, 3.8) is 0 Å². The summed E-state index contributed by atoms with van der Waals surface area (Å²) in [6, 6.07) is 6.52. The fraction of sp³-hybridized carbons (Fsp3) is 0.368. The first-order valence-electron chi connectivity index (χ1n) is 9.36. The number of carbonyl (C=O) groups excluding carboxylic acids is 1. The summed E-state index contributed by atoms with van der Waals surface area (Å²) < 4.78 is 71.3. The smallest absolute Gasteiger partial charge is 0.434 e. The van der Waals surface area contributed by atoms with Crippen LogP contribution in [0.3, 0.4) is 0 Å². The van der Waals surface area contributed by atoms with Crippen molar-refractivity contribution in [2.75, 3.05) is 13.2 Å². The van der Waals surface area contributed by atoms with Crippen molar-refractivity contribution < 1.29 is 41.1 Å². The average molecular weight is 497 g/mol. The molecule has 1 heterocycles. The van der Waals surface area contributed by atoms with Gasteiger partial charge in [-0.2, -0.15) is 13.2 Å². The van der Waals surface area contributed by atoms with E-state index in [1.807, 2.05) is 0 Å². The molecule has 1 aromatic heterocycles. The maximum Gasteiger partial charge on any atom is 0.434 e. The molecule has 1 atom stereocenters. The van der Waals surface area contributed by atoms with Crippen molar-refractivity contribution in [1.82, 2.24) is 10.1 Å². The summed E-state index contributed by atoms with van der Waals surface area (Å²) in [7, 11) is -3.79. The molecule has 1 N–H and O–H groups in total. The zero-order valence-corrected chi connectivity index (χ0v) is 19.0. The Hall–Kier alpha value is -2.33. The Kier molecular flexibility index (Phi) is 8.91. The molecule has 0 aliphatic heterocycles. The zero-order valence-electron chi connectivity index (χ0n) is 17.3. The van der Waals surface area contributed by atoms with E-state index in [1.54, 1.807) is 13.8 Å². The predicted octanol–water partition coefficient (Wildman–Crippen LogP) is 5.61. The molecule has 13 heteroatoms. The fourth-order valence-electron chi connectivity index (χ4n) is 2.28. The first kappa shape index (κ1) is 25.9. The van der Waals surface area contributed by atoms with E-state index in [9.17, 15) is 22.5 Å². The molecule has 0 saturated carbocycles. The molecular weight excluding hydrogens is 476 g/mol. The number of carbonyl (C=O) groups is 1. The van der Waals surface area contributed by atoms with Crippen LogP contribution >= 0.6 is 19.3 Å². The molecule has 0 radical (unpaired) electrons. The van der Waals surface area contributed by atoms with Gasteiger partial charge in [0.2, 0.25) is 5.88 Å². The van der Waals surface area contributed by atoms with Crippen molar-refractivity contribution in [2.24, 2.45) is 0 Å². The lowest BCUT2D eigenvalue weighted by Crippen LogP contribution is -2.35. The number of benzene rings is 1. The normalized spacial score (nSPS) is 12.8. The highest BCUT2D eigenvalue weighted by molar-refractivity contribution is 7.52. The third-order valence-electron chi connectivity index (χ3n) is 3.70. The van der Waals surface area contributed by atoms with Crippen LogP contribution in [0.4, 0.5) is 13.2 Å². The van der Waals surface area contributed by atoms with E-state index >= 15 is 0 Å². The standard InChI is InChI=1S/C19H21ClF3N2O6P/c1-4-28-32(27,29-5-2)25-17(26)12(3)30-14-6-8-15(9-7-14)31-18-16(20)10-13(11-24-18)19(21,22)23/h6-12H,4-5H2,1-3H3,(H,25,26,27). The van der Waals surface area contributed by atoms with Gasteiger partial charge in [0.05, 0.1) is 18.8 Å². The summed E-state index contributed by atoms with van der Waals surface area (Å²) in [6.45, 7) is 4.80. The summed E-state index contributed by atoms with van der Waals surface area (Å²) in [5.41, 5.74) is -0.996. The van der Waals surface area contributed by atoms with E-state index in [-0.39, 0.29) is 35.6 Å². The Labute approximate surface area is 187 Å². The van der Waals surface area contributed by atoms with E-state index < -0.39 is 31.5 Å². The van der Waals surface area contributed by atoms with Crippen molar-refractivity contribution >= 4 is 25.3 Å². The summed E-state index contributed by atoms with van der Waals surface area (Å²) in [4.78, 5) is 15.8. The third-order valence-corrected chi connectivity index (χ3v) is 5.66. The predicted molar refractivity (Wildman–Crippen MR) is 110 cm³/mol. The number of nitrogens with zero attached hydrogens (tertiary/aromatic N) is 1. The topological polar surface area (TPSA) is 96.0 Å². The first-order valence-corrected chi connectivity index (χ1v) is 11.3. The summed E-state index contributed by atoms with van der Waals surface area (Å²) in [5, 5.41) is 1.89. The minimum Gasteiger partial charge on any atom is -0.481 e. The number of amides is 1. The number of nitrogens with one attached hydrogen (secondary N) is 1. The SMILES string of the molecule is CCOP(=O)(NC(=O)C(C)Oc1ccc(Oc2ncc(C(F)(F)F)cc2Cl)cc1)OCC. The fourth-order valence-corrected chi connectivity index (χ4v) is 3.82. The molecule has 0 saturated heterocycles. The monoisotopic (exact) mass is 496 g/mol. The van der Waals surface area contributed by atoms with E-state index in [0.717, 1.165) is 0 Å². The van der Waals surface area contributed by atoms with Crippen molar-refractivity contribution in [3.05, 3.63) is 47.1 Å². The molecule has 32 heavy (non-hydrogen) atoms. The van der Waals surface area contributed by atoms with E-state index in [1.165, 1.54) is 31.2 Å². The summed E-state index contributed by atoms with van der Waals surface area (Å²) in [6.07, 6.45) is -5.00. The van der Waals surface area contributed by atoms with E-state index in [4.69, 9.17) is 30.1 Å². The van der Waals surface area contributed by atoms with E-state index in [0.29, 0.717) is 12.3 Å². The third kappa shape index (κ3) is 7.37. The minimum atomic E-state index is -4.57. The number of hydrogen-bond donors (Lipinski definition) is 1. The van der Waals surface area contributed by atoms with Crippen LogP contribution in [-0.2, 0) is 24.6 Å². The zero-order chi connectivity index (χ0) is 23.9. The van der Waals surface area contributed by atoms with Crippen LogP contribution in [0.15, 0.2) is 36.5 Å². The van der Waals surface area contributed by atoms with Crippen molar-refractivity contribution in [3.8, 4) is 17.4 Å². The quantitative estimate of drug-likeness (QED) is 0.427. The molecule has 0 spiro atoms. The van der Waals surface area contributed by atoms with Crippen molar-refractivity contribution in [1.29, 1.82) is 0 Å². The Morgan fingerprint density at radius 3 is 2.22 bits per heavy atom. The molecule has 0 aliphatic rings. The summed E-state index contributed by atoms with van der Waals surface area (Å²) in [5.74, 6) is -0.421. The molecule has 0 aliphatic carbocycles. The Bertz CT molecular complexity index is 965. The molecule has 1 unspecified atom stereocenters. The average Bonchev–Trinajstić information content (AvgIpc) is 2.70. The molecule has 2 aromatic rings. The second-order valence-corrected chi connectivity index (χ2v) is 8.29. The van der Waals surface area contributed by atoms with Gasteiger partial charge in [-0.1, -0.05) is 11.6 Å². The molecule has 0 fully saturated rings. The highest BCUT2D eigenvalue weighted by Gasteiger charge is 2.32. The van der Waals surface area contributed by atoms with Crippen LogP contribution in [0.5, 0.6) is 17.4 Å². The van der Waals surface area contributed by atoms with Gasteiger partial charge >= 0.3 is 13.9 Å². The number of hydrogen-bond acceptors (Lipinski definition) is 7. The Morgan fingerprint density at radius 1 is 1.16 bits per heavy atom. The highest BCUT2D eigenvalue weighted by Crippen LogP contribution is 2.43. The minimum absolute atomic E-state index is 0.0755. The van der Waals surface area contributed by atoms with Crippen LogP contribution in [0.25, 0.3) is 0 Å². The molecule has 2 rings (SSSR count). The van der Waals surface area contributed by atoms with Crippen LogP contribution in [0, 0.1) is 0 Å². The van der Waals surface area contributed by atoms with Crippen LogP contribution in [-0.4, -0.2) is 30.2 Å². The van der Waals surface area contributed by atoms with Gasteiger partial charge in [0.15, 0.2) is 6.10 Å². The lowest BCUT2D eigenvalue weighted by atomic mass is 10.3. The largest absolute Gasteiger partial charge is 0.481 e. The first-order chi connectivity index (χ1) is 15.0. The van der Waals surface area contributed by atoms with Gasteiger partial charge in [-0.15, -0.1) is 0 Å². The lowest BCUT2D eigenvalue weighted by Gasteiger charge is -2.20. The van der Waals surface area contributed by atoms with Crippen LogP contribution in [0.1, 0.15) is 26.3 Å². The lowest BCUT2D eigenvalue weighted by molar-refractivity contribution is -0.137. The molecule has 8 nitrogen and oxygen atoms in total. The van der Waals surface area contributed by atoms with Gasteiger partial charge in [0, 0.05) is 6.20 Å². The molecular formula is C19H21ClF3N2O6P. The number of pyridine rings is 1.